The van der Waals surface area contributed by atoms with E-state index in [1.807, 2.05) is 47.4 Å². The second-order valence-corrected chi connectivity index (χ2v) is 11.3. The van der Waals surface area contributed by atoms with Gasteiger partial charge in [-0.15, -0.1) is 0 Å². The van der Waals surface area contributed by atoms with E-state index in [1.165, 1.54) is 0 Å². The van der Waals surface area contributed by atoms with Gasteiger partial charge in [-0.25, -0.2) is 0 Å². The minimum Gasteiger partial charge on any atom is -0.466 e. The van der Waals surface area contributed by atoms with Crippen molar-refractivity contribution in [2.45, 2.75) is 58.0 Å². The molecule has 1 aliphatic heterocycles. The first-order valence-electron chi connectivity index (χ1n) is 13.7. The molecule has 3 aromatic carbocycles. The normalized spacial score (nSPS) is 13.8. The summed E-state index contributed by atoms with van der Waals surface area (Å²) in [7, 11) is 0. The highest BCUT2D eigenvalue weighted by Gasteiger charge is 2.36. The molecule has 0 aliphatic carbocycles. The summed E-state index contributed by atoms with van der Waals surface area (Å²) >= 11 is 9.76. The molecular weight excluding hydrogens is 592 g/mol. The summed E-state index contributed by atoms with van der Waals surface area (Å²) in [6, 6.07) is 21.2. The fourth-order valence-electron chi connectivity index (χ4n) is 5.26. The molecule has 1 N–H and O–H groups in total. The van der Waals surface area contributed by atoms with Gasteiger partial charge in [0.15, 0.2) is 0 Å². The summed E-state index contributed by atoms with van der Waals surface area (Å²) in [6.45, 7) is 5.54. The first-order chi connectivity index (χ1) is 19.3. The molecule has 4 rings (SSSR count). The Labute approximate surface area is 249 Å². The van der Waals surface area contributed by atoms with Crippen molar-refractivity contribution in [3.63, 3.8) is 0 Å². The van der Waals surface area contributed by atoms with Gasteiger partial charge in [0.25, 0.3) is 5.91 Å². The minimum absolute atomic E-state index is 0.0777. The highest BCUT2D eigenvalue weighted by atomic mass is 79.9. The molecule has 6 nitrogen and oxygen atoms in total. The Balaban J connectivity index is 1.57. The SMILES string of the molecule is CCCC(c1ccc(C(=O)NCCC(=O)OCC)cc1)C(C(=O)N1Cc2ccc(Br)cc2C1)c1ccc(Cl)cc1. The molecule has 0 bridgehead atoms. The maximum atomic E-state index is 14.2. The lowest BCUT2D eigenvalue weighted by Gasteiger charge is -2.31. The van der Waals surface area contributed by atoms with Gasteiger partial charge < -0.3 is 15.0 Å². The molecule has 0 saturated heterocycles. The molecule has 210 valence electrons. The summed E-state index contributed by atoms with van der Waals surface area (Å²) in [4.78, 5) is 40.4. The first kappa shape index (κ1) is 29.8. The van der Waals surface area contributed by atoms with E-state index in [-0.39, 0.29) is 36.7 Å². The lowest BCUT2D eigenvalue weighted by molar-refractivity contribution is -0.143. The molecule has 0 saturated carbocycles. The fourth-order valence-corrected chi connectivity index (χ4v) is 5.80. The zero-order valence-corrected chi connectivity index (χ0v) is 25.1. The summed E-state index contributed by atoms with van der Waals surface area (Å²) in [6.07, 6.45) is 1.82. The summed E-state index contributed by atoms with van der Waals surface area (Å²) in [5.41, 5.74) is 4.74. The van der Waals surface area contributed by atoms with Crippen molar-refractivity contribution in [1.29, 1.82) is 0 Å². The fraction of sp³-hybridized carbons (Fsp3) is 0.344. The van der Waals surface area contributed by atoms with Crippen LogP contribution in [0.5, 0.6) is 0 Å². The Morgan fingerprint density at radius 2 is 1.62 bits per heavy atom. The van der Waals surface area contributed by atoms with Gasteiger partial charge in [-0.05, 0) is 77.9 Å². The van der Waals surface area contributed by atoms with Crippen LogP contribution in [0.2, 0.25) is 5.02 Å². The van der Waals surface area contributed by atoms with Crippen molar-refractivity contribution in [1.82, 2.24) is 10.2 Å². The maximum absolute atomic E-state index is 14.2. The third kappa shape index (κ3) is 7.32. The van der Waals surface area contributed by atoms with Crippen molar-refractivity contribution in [2.24, 2.45) is 0 Å². The highest BCUT2D eigenvalue weighted by molar-refractivity contribution is 9.10. The monoisotopic (exact) mass is 624 g/mol. The van der Waals surface area contributed by atoms with Crippen molar-refractivity contribution in [2.75, 3.05) is 13.2 Å². The second kappa shape index (κ2) is 14.0. The number of esters is 1. The van der Waals surface area contributed by atoms with Crippen LogP contribution >= 0.6 is 27.5 Å². The average Bonchev–Trinajstić information content (AvgIpc) is 3.37. The van der Waals surface area contributed by atoms with Crippen LogP contribution in [0, 0.1) is 0 Å². The Hall–Kier alpha value is -3.16. The van der Waals surface area contributed by atoms with Crippen LogP contribution in [0.4, 0.5) is 0 Å². The van der Waals surface area contributed by atoms with Crippen LogP contribution in [-0.4, -0.2) is 35.8 Å². The van der Waals surface area contributed by atoms with Gasteiger partial charge in [0.1, 0.15) is 0 Å². The molecule has 0 spiro atoms. The molecular formula is C32H34BrClN2O4. The molecule has 0 aromatic heterocycles. The Morgan fingerprint density at radius 1 is 0.950 bits per heavy atom. The predicted molar refractivity (Wildman–Crippen MR) is 160 cm³/mol. The van der Waals surface area contributed by atoms with Crippen LogP contribution in [-0.2, 0) is 27.4 Å². The number of benzene rings is 3. The Kier molecular flexibility index (Phi) is 10.4. The molecule has 2 atom stereocenters. The largest absolute Gasteiger partial charge is 0.466 e. The lowest BCUT2D eigenvalue weighted by atomic mass is 9.77. The second-order valence-electron chi connectivity index (χ2n) is 9.96. The number of rotatable bonds is 11. The van der Waals surface area contributed by atoms with Crippen LogP contribution < -0.4 is 5.32 Å². The van der Waals surface area contributed by atoms with E-state index in [1.54, 1.807) is 19.1 Å². The molecule has 1 heterocycles. The van der Waals surface area contributed by atoms with E-state index in [0.29, 0.717) is 30.3 Å². The number of halogens is 2. The van der Waals surface area contributed by atoms with E-state index in [4.69, 9.17) is 16.3 Å². The van der Waals surface area contributed by atoms with Crippen LogP contribution in [0.1, 0.15) is 77.6 Å². The molecule has 8 heteroatoms. The molecule has 0 radical (unpaired) electrons. The van der Waals surface area contributed by atoms with E-state index in [0.717, 1.165) is 39.6 Å². The van der Waals surface area contributed by atoms with Gasteiger partial charge in [-0.3, -0.25) is 14.4 Å². The number of carbonyl (C=O) groups excluding carboxylic acids is 3. The van der Waals surface area contributed by atoms with E-state index < -0.39 is 5.92 Å². The smallest absolute Gasteiger partial charge is 0.307 e. The third-order valence-corrected chi connectivity index (χ3v) is 7.97. The predicted octanol–water partition coefficient (Wildman–Crippen LogP) is 7.00. The number of nitrogens with zero attached hydrogens (tertiary/aromatic N) is 1. The molecule has 40 heavy (non-hydrogen) atoms. The van der Waals surface area contributed by atoms with Gasteiger partial charge >= 0.3 is 5.97 Å². The quantitative estimate of drug-likeness (QED) is 0.233. The number of amides is 2. The summed E-state index contributed by atoms with van der Waals surface area (Å²) < 4.78 is 5.91. The van der Waals surface area contributed by atoms with E-state index in [2.05, 4.69) is 40.3 Å². The van der Waals surface area contributed by atoms with Gasteiger partial charge in [-0.2, -0.15) is 0 Å². The number of nitrogens with one attached hydrogen (secondary N) is 1. The van der Waals surface area contributed by atoms with Gasteiger partial charge in [0.2, 0.25) is 5.91 Å². The Bertz CT molecular complexity index is 1340. The lowest BCUT2D eigenvalue weighted by Crippen LogP contribution is -2.34. The van der Waals surface area contributed by atoms with Gasteiger partial charge in [0.05, 0.1) is 18.9 Å². The highest BCUT2D eigenvalue weighted by Crippen LogP contribution is 2.40. The Morgan fingerprint density at radius 3 is 2.30 bits per heavy atom. The zero-order chi connectivity index (χ0) is 28.6. The van der Waals surface area contributed by atoms with Crippen LogP contribution in [0.15, 0.2) is 71.2 Å². The minimum atomic E-state index is -0.403. The van der Waals surface area contributed by atoms with E-state index >= 15 is 0 Å². The van der Waals surface area contributed by atoms with Crippen molar-refractivity contribution in [3.8, 4) is 0 Å². The molecule has 0 fully saturated rings. The first-order valence-corrected chi connectivity index (χ1v) is 14.8. The zero-order valence-electron chi connectivity index (χ0n) is 22.8. The number of hydrogen-bond donors (Lipinski definition) is 1. The number of carbonyl (C=O) groups is 3. The van der Waals surface area contributed by atoms with Crippen molar-refractivity contribution < 1.29 is 19.1 Å². The van der Waals surface area contributed by atoms with Crippen molar-refractivity contribution in [3.05, 3.63) is 104 Å². The van der Waals surface area contributed by atoms with Crippen LogP contribution in [0.25, 0.3) is 0 Å². The van der Waals surface area contributed by atoms with Crippen molar-refractivity contribution >= 4 is 45.3 Å². The number of fused-ring (bicyclic) bond motifs is 1. The molecule has 3 aromatic rings. The maximum Gasteiger partial charge on any atom is 0.307 e. The van der Waals surface area contributed by atoms with E-state index in [9.17, 15) is 14.4 Å². The topological polar surface area (TPSA) is 75.7 Å². The third-order valence-electron chi connectivity index (χ3n) is 7.22. The standard InChI is InChI=1S/C32H34BrClN2O4/c1-3-5-28(21-6-8-23(9-7-21)31(38)35-17-16-29(37)40-4-2)30(22-11-14-27(34)15-12-22)32(39)36-19-24-10-13-26(33)18-25(24)20-36/h6-15,18,28,30H,3-5,16-17,19-20H2,1-2H3,(H,35,38). The average molecular weight is 626 g/mol. The summed E-state index contributed by atoms with van der Waals surface area (Å²) in [5.74, 6) is -1.01. The van der Waals surface area contributed by atoms with Gasteiger partial charge in [-0.1, -0.05) is 71.2 Å². The molecule has 2 amide bonds. The van der Waals surface area contributed by atoms with Crippen LogP contribution in [0.3, 0.4) is 0 Å². The number of hydrogen-bond acceptors (Lipinski definition) is 4. The molecule has 1 aliphatic rings. The molecule has 2 unspecified atom stereocenters. The van der Waals surface area contributed by atoms with Gasteiger partial charge in [0, 0.05) is 34.7 Å². The number of ether oxygens (including phenoxy) is 1. The summed E-state index contributed by atoms with van der Waals surface area (Å²) in [5, 5.41) is 3.39.